The molecular weight excluding hydrogens is 481 g/mol. The lowest BCUT2D eigenvalue weighted by atomic mass is 10.1. The second kappa shape index (κ2) is 8.93. The van der Waals surface area contributed by atoms with Gasteiger partial charge in [-0.1, -0.05) is 34.8 Å². The van der Waals surface area contributed by atoms with Gasteiger partial charge in [0.05, 0.1) is 16.5 Å². The van der Waals surface area contributed by atoms with Crippen LogP contribution < -0.4 is 0 Å². The van der Waals surface area contributed by atoms with Crippen LogP contribution in [0.2, 0.25) is 15.1 Å². The quantitative estimate of drug-likeness (QED) is 0.288. The van der Waals surface area contributed by atoms with E-state index >= 15 is 0 Å². The van der Waals surface area contributed by atoms with Gasteiger partial charge in [0, 0.05) is 27.2 Å². The molecule has 4 rings (SSSR count). The number of Topliss-reactive ketones (excluding diaryl/α,β-unsaturated/α-hetero) is 1. The third-order valence-electron chi connectivity index (χ3n) is 4.44. The number of hydrogen-bond acceptors (Lipinski definition) is 5. The van der Waals surface area contributed by atoms with E-state index in [1.807, 2.05) is 0 Å². The minimum atomic E-state index is -0.559. The normalized spacial score (nSPS) is 15.2. The summed E-state index contributed by atoms with van der Waals surface area (Å²) in [6, 6.07) is 14.6. The molecule has 3 aromatic rings. The Kier molecular flexibility index (Phi) is 6.25. The molecule has 0 radical (unpaired) electrons. The van der Waals surface area contributed by atoms with Crippen molar-refractivity contribution in [1.29, 1.82) is 0 Å². The average molecular weight is 493 g/mol. The van der Waals surface area contributed by atoms with E-state index < -0.39 is 11.1 Å². The van der Waals surface area contributed by atoms with Gasteiger partial charge in [0.2, 0.25) is 0 Å². The molecule has 1 aliphatic heterocycles. The predicted octanol–water partition coefficient (Wildman–Crippen LogP) is 6.83. The molecule has 1 saturated heterocycles. The molecule has 31 heavy (non-hydrogen) atoms. The summed E-state index contributed by atoms with van der Waals surface area (Å²) in [6.07, 6.45) is 1.46. The number of amides is 2. The third kappa shape index (κ3) is 4.72. The zero-order valence-electron chi connectivity index (χ0n) is 15.6. The summed E-state index contributed by atoms with van der Waals surface area (Å²) in [7, 11) is 0. The number of carbonyl (C=O) groups excluding carboxylic acids is 3. The second-order valence-corrected chi connectivity index (χ2v) is 8.80. The average Bonchev–Trinajstić information content (AvgIpc) is 3.30. The van der Waals surface area contributed by atoms with Gasteiger partial charge in [0.25, 0.3) is 11.1 Å². The number of rotatable bonds is 5. The van der Waals surface area contributed by atoms with Gasteiger partial charge in [-0.15, -0.1) is 0 Å². The van der Waals surface area contributed by atoms with Crippen LogP contribution in [0.5, 0.6) is 0 Å². The number of furan rings is 1. The minimum Gasteiger partial charge on any atom is -0.457 e. The second-order valence-electron chi connectivity index (χ2n) is 6.52. The van der Waals surface area contributed by atoms with Crippen LogP contribution in [0.15, 0.2) is 63.9 Å². The molecule has 0 bridgehead atoms. The molecule has 1 aromatic heterocycles. The van der Waals surface area contributed by atoms with E-state index in [9.17, 15) is 14.4 Å². The highest BCUT2D eigenvalue weighted by Gasteiger charge is 2.36. The van der Waals surface area contributed by atoms with E-state index in [1.165, 1.54) is 6.08 Å². The SMILES string of the molecule is O=C(CN1C(=O)S/C(=C/c2ccc(-c3cc(Cl)ccc3Cl)o2)C1=O)c1ccc(Cl)cc1. The van der Waals surface area contributed by atoms with Crippen LogP contribution in [-0.4, -0.2) is 28.4 Å². The molecule has 0 unspecified atom stereocenters. The van der Waals surface area contributed by atoms with Gasteiger partial charge in [0.1, 0.15) is 11.5 Å². The summed E-state index contributed by atoms with van der Waals surface area (Å²) in [5, 5.41) is 0.931. The molecule has 0 N–H and O–H groups in total. The van der Waals surface area contributed by atoms with Crippen LogP contribution in [0.1, 0.15) is 16.1 Å². The van der Waals surface area contributed by atoms with Crippen molar-refractivity contribution in [2.24, 2.45) is 0 Å². The first-order chi connectivity index (χ1) is 14.8. The fourth-order valence-electron chi connectivity index (χ4n) is 2.90. The Morgan fingerprint density at radius 3 is 2.42 bits per heavy atom. The van der Waals surface area contributed by atoms with Crippen molar-refractivity contribution in [3.8, 4) is 11.3 Å². The van der Waals surface area contributed by atoms with Crippen molar-refractivity contribution in [1.82, 2.24) is 4.90 Å². The Labute approximate surface area is 196 Å². The number of nitrogens with zero attached hydrogens (tertiary/aromatic N) is 1. The van der Waals surface area contributed by atoms with Crippen LogP contribution in [0.3, 0.4) is 0 Å². The number of thioether (sulfide) groups is 1. The lowest BCUT2D eigenvalue weighted by Gasteiger charge is -2.11. The van der Waals surface area contributed by atoms with E-state index in [0.717, 1.165) is 16.7 Å². The molecule has 2 aromatic carbocycles. The first-order valence-corrected chi connectivity index (χ1v) is 10.9. The Hall–Kier alpha value is -2.51. The third-order valence-corrected chi connectivity index (χ3v) is 6.16. The van der Waals surface area contributed by atoms with Crippen LogP contribution in [-0.2, 0) is 4.79 Å². The van der Waals surface area contributed by atoms with E-state index in [4.69, 9.17) is 39.2 Å². The van der Waals surface area contributed by atoms with Crippen molar-refractivity contribution < 1.29 is 18.8 Å². The smallest absolute Gasteiger partial charge is 0.293 e. The van der Waals surface area contributed by atoms with Gasteiger partial charge in [-0.3, -0.25) is 19.3 Å². The fourth-order valence-corrected chi connectivity index (χ4v) is 4.22. The molecule has 2 heterocycles. The molecule has 5 nitrogen and oxygen atoms in total. The summed E-state index contributed by atoms with van der Waals surface area (Å²) in [4.78, 5) is 38.5. The van der Waals surface area contributed by atoms with Crippen molar-refractivity contribution in [2.45, 2.75) is 0 Å². The van der Waals surface area contributed by atoms with Gasteiger partial charge < -0.3 is 4.42 Å². The van der Waals surface area contributed by atoms with Crippen molar-refractivity contribution in [2.75, 3.05) is 6.54 Å². The highest BCUT2D eigenvalue weighted by atomic mass is 35.5. The van der Waals surface area contributed by atoms with Crippen molar-refractivity contribution in [3.05, 3.63) is 85.9 Å². The van der Waals surface area contributed by atoms with Crippen LogP contribution in [0.4, 0.5) is 4.79 Å². The van der Waals surface area contributed by atoms with Gasteiger partial charge in [-0.05, 0) is 66.4 Å². The molecule has 1 aliphatic rings. The molecular formula is C22H12Cl3NO4S. The zero-order valence-corrected chi connectivity index (χ0v) is 18.7. The standard InChI is InChI=1S/C22H12Cl3NO4S/c23-13-3-1-12(2-4-13)18(27)11-26-21(28)20(31-22(26)29)10-15-6-8-19(30-15)16-9-14(24)5-7-17(16)25/h1-10H,11H2/b20-10+. The maximum Gasteiger partial charge on any atom is 0.293 e. The number of carbonyl (C=O) groups is 3. The fraction of sp³-hybridized carbons (Fsp3) is 0.0455. The van der Waals surface area contributed by atoms with Gasteiger partial charge >= 0.3 is 0 Å². The van der Waals surface area contributed by atoms with Crippen LogP contribution in [0.25, 0.3) is 17.4 Å². The molecule has 0 aliphatic carbocycles. The number of ketones is 1. The lowest BCUT2D eigenvalue weighted by molar-refractivity contribution is -0.122. The van der Waals surface area contributed by atoms with E-state index in [1.54, 1.807) is 54.6 Å². The van der Waals surface area contributed by atoms with Crippen LogP contribution in [0, 0.1) is 0 Å². The molecule has 0 saturated carbocycles. The van der Waals surface area contributed by atoms with E-state index in [0.29, 0.717) is 37.7 Å². The first kappa shape index (κ1) is 21.7. The Morgan fingerprint density at radius 2 is 1.68 bits per heavy atom. The predicted molar refractivity (Wildman–Crippen MR) is 123 cm³/mol. The van der Waals surface area contributed by atoms with E-state index in [2.05, 4.69) is 0 Å². The topological polar surface area (TPSA) is 67.6 Å². The Morgan fingerprint density at radius 1 is 0.968 bits per heavy atom. The summed E-state index contributed by atoms with van der Waals surface area (Å²) in [5.41, 5.74) is 0.969. The number of imide groups is 1. The molecule has 9 heteroatoms. The summed E-state index contributed by atoms with van der Waals surface area (Å²) >= 11 is 18.8. The highest BCUT2D eigenvalue weighted by Crippen LogP contribution is 2.35. The molecule has 1 fully saturated rings. The zero-order chi connectivity index (χ0) is 22.1. The Bertz CT molecular complexity index is 1230. The first-order valence-electron chi connectivity index (χ1n) is 8.91. The maximum atomic E-state index is 12.7. The van der Waals surface area contributed by atoms with Gasteiger partial charge in [0.15, 0.2) is 5.78 Å². The van der Waals surface area contributed by atoms with Gasteiger partial charge in [-0.25, -0.2) is 0 Å². The molecule has 0 spiro atoms. The monoisotopic (exact) mass is 491 g/mol. The summed E-state index contributed by atoms with van der Waals surface area (Å²) in [6.45, 7) is -0.356. The van der Waals surface area contributed by atoms with Crippen molar-refractivity contribution >= 4 is 69.6 Å². The lowest BCUT2D eigenvalue weighted by Crippen LogP contribution is -2.33. The number of halogens is 3. The summed E-state index contributed by atoms with van der Waals surface area (Å²) in [5.74, 6) is -0.0939. The van der Waals surface area contributed by atoms with Crippen molar-refractivity contribution in [3.63, 3.8) is 0 Å². The molecule has 0 atom stereocenters. The molecule has 156 valence electrons. The maximum absolute atomic E-state index is 12.7. The molecule has 2 amide bonds. The Balaban J connectivity index is 1.52. The number of benzene rings is 2. The largest absolute Gasteiger partial charge is 0.457 e. The highest BCUT2D eigenvalue weighted by molar-refractivity contribution is 8.18. The summed E-state index contributed by atoms with van der Waals surface area (Å²) < 4.78 is 5.75. The number of hydrogen-bond donors (Lipinski definition) is 0. The van der Waals surface area contributed by atoms with Gasteiger partial charge in [-0.2, -0.15) is 0 Å². The minimum absolute atomic E-state index is 0.159. The van der Waals surface area contributed by atoms with Crippen LogP contribution >= 0.6 is 46.6 Å². The van der Waals surface area contributed by atoms with E-state index in [-0.39, 0.29) is 17.2 Å².